The minimum Gasteiger partial charge on any atom is -0.508 e. The molecule has 2 nitrogen and oxygen atoms in total. The van der Waals surface area contributed by atoms with E-state index in [1.165, 1.54) is 5.56 Å². The number of phenols is 1. The molecule has 0 aliphatic carbocycles. The molecule has 0 bridgehead atoms. The number of hydrogen-bond acceptors (Lipinski definition) is 2. The van der Waals surface area contributed by atoms with Crippen LogP contribution in [0.3, 0.4) is 0 Å². The highest BCUT2D eigenvalue weighted by Gasteiger charge is 1.93. The van der Waals surface area contributed by atoms with Crippen molar-refractivity contribution in [3.05, 3.63) is 60.2 Å². The maximum atomic E-state index is 9.11. The predicted octanol–water partition coefficient (Wildman–Crippen LogP) is 4.74. The summed E-state index contributed by atoms with van der Waals surface area (Å²) in [6.45, 7) is 0.797. The second-order valence-electron chi connectivity index (χ2n) is 3.39. The van der Waals surface area contributed by atoms with Crippen molar-refractivity contribution in [2.45, 2.75) is 6.54 Å². The molecule has 2 N–H and O–H groups in total. The van der Waals surface area contributed by atoms with Crippen LogP contribution in [0, 0.1) is 0 Å². The minimum atomic E-state index is 0. The Morgan fingerprint density at radius 2 is 1.33 bits per heavy atom. The fourth-order valence-corrected chi connectivity index (χ4v) is 1.38. The van der Waals surface area contributed by atoms with Crippen LogP contribution in [0.1, 0.15) is 5.56 Å². The van der Waals surface area contributed by atoms with E-state index in [2.05, 4.69) is 17.4 Å². The van der Waals surface area contributed by atoms with Gasteiger partial charge in [-0.3, -0.25) is 0 Å². The third kappa shape index (κ3) is 6.42. The van der Waals surface area contributed by atoms with E-state index < -0.39 is 0 Å². The highest BCUT2D eigenvalue weighted by atomic mass is 79.9. The zero-order valence-electron chi connectivity index (χ0n) is 9.58. The molecule has 0 radical (unpaired) electrons. The molecule has 0 fully saturated rings. The van der Waals surface area contributed by atoms with Crippen molar-refractivity contribution in [2.24, 2.45) is 0 Å². The Labute approximate surface area is 139 Å². The number of phenolic OH excluding ortho intramolecular Hbond substituents is 1. The lowest BCUT2D eigenvalue weighted by atomic mass is 10.2. The van der Waals surface area contributed by atoms with E-state index in [1.54, 1.807) is 12.1 Å². The molecule has 2 aromatic carbocycles. The summed E-state index contributed by atoms with van der Waals surface area (Å²) < 4.78 is 0. The normalized spacial score (nSPS) is 8.22. The van der Waals surface area contributed by atoms with Crippen LogP contribution in [0.25, 0.3) is 0 Å². The van der Waals surface area contributed by atoms with E-state index in [9.17, 15) is 0 Å². The van der Waals surface area contributed by atoms with Gasteiger partial charge < -0.3 is 10.4 Å². The van der Waals surface area contributed by atoms with Gasteiger partial charge in [0, 0.05) is 12.2 Å². The quantitative estimate of drug-likeness (QED) is 0.674. The zero-order chi connectivity index (χ0) is 10.5. The molecule has 0 amide bonds. The number of rotatable bonds is 3. The molecule has 0 heterocycles. The third-order valence-corrected chi connectivity index (χ3v) is 2.21. The number of hydrogen-bond donors (Lipinski definition) is 2. The number of halogens is 3. The molecular formula is C13H16Br3NO. The average molecular weight is 442 g/mol. The van der Waals surface area contributed by atoms with Crippen LogP contribution in [0.5, 0.6) is 5.75 Å². The summed E-state index contributed by atoms with van der Waals surface area (Å²) in [6, 6.07) is 17.3. The van der Waals surface area contributed by atoms with Crippen molar-refractivity contribution < 1.29 is 5.11 Å². The van der Waals surface area contributed by atoms with Crippen molar-refractivity contribution >= 4 is 56.6 Å². The molecule has 0 aliphatic heterocycles. The zero-order valence-corrected chi connectivity index (χ0v) is 14.7. The lowest BCUT2D eigenvalue weighted by molar-refractivity contribution is 0.475. The summed E-state index contributed by atoms with van der Waals surface area (Å²) in [5, 5.41) is 12.4. The van der Waals surface area contributed by atoms with Crippen molar-refractivity contribution in [2.75, 3.05) is 5.32 Å². The van der Waals surface area contributed by atoms with Crippen molar-refractivity contribution in [1.82, 2.24) is 0 Å². The summed E-state index contributed by atoms with van der Waals surface area (Å²) in [5.41, 5.74) is 2.25. The minimum absolute atomic E-state index is 0. The van der Waals surface area contributed by atoms with Gasteiger partial charge in [-0.05, 0) is 29.8 Å². The van der Waals surface area contributed by atoms with Crippen LogP contribution in [-0.2, 0) is 6.54 Å². The Morgan fingerprint density at radius 1 is 0.778 bits per heavy atom. The summed E-state index contributed by atoms with van der Waals surface area (Å²) >= 11 is 0. The first kappa shape index (κ1) is 19.8. The van der Waals surface area contributed by atoms with Crippen LogP contribution in [0.4, 0.5) is 5.69 Å². The lowest BCUT2D eigenvalue weighted by Crippen LogP contribution is -1.98. The summed E-state index contributed by atoms with van der Waals surface area (Å²) in [4.78, 5) is 0. The summed E-state index contributed by atoms with van der Waals surface area (Å²) in [5.74, 6) is 0.292. The van der Waals surface area contributed by atoms with E-state index >= 15 is 0 Å². The first-order valence-corrected chi connectivity index (χ1v) is 4.91. The Balaban J connectivity index is 0. The molecule has 0 atom stereocenters. The van der Waals surface area contributed by atoms with E-state index in [-0.39, 0.29) is 50.9 Å². The molecule has 0 aromatic heterocycles. The highest BCUT2D eigenvalue weighted by molar-refractivity contribution is 8.93. The van der Waals surface area contributed by atoms with Gasteiger partial charge in [0.25, 0.3) is 0 Å². The van der Waals surface area contributed by atoms with Crippen molar-refractivity contribution in [1.29, 1.82) is 0 Å². The number of nitrogens with one attached hydrogen (secondary N) is 1. The smallest absolute Gasteiger partial charge is 0.115 e. The molecule has 5 heteroatoms. The third-order valence-electron chi connectivity index (χ3n) is 2.21. The van der Waals surface area contributed by atoms with E-state index in [0.717, 1.165) is 12.2 Å². The number of aromatic hydroxyl groups is 1. The molecule has 2 aromatic rings. The summed E-state index contributed by atoms with van der Waals surface area (Å²) in [7, 11) is 0. The van der Waals surface area contributed by atoms with Crippen LogP contribution < -0.4 is 5.32 Å². The average Bonchev–Trinajstić information content (AvgIpc) is 2.30. The van der Waals surface area contributed by atoms with Gasteiger partial charge in [0.1, 0.15) is 5.75 Å². The van der Waals surface area contributed by atoms with Crippen LogP contribution in [0.15, 0.2) is 54.6 Å². The molecule has 2 rings (SSSR count). The van der Waals surface area contributed by atoms with Gasteiger partial charge in [-0.2, -0.15) is 0 Å². The highest BCUT2D eigenvalue weighted by Crippen LogP contribution is 2.14. The second-order valence-corrected chi connectivity index (χ2v) is 3.39. The molecule has 18 heavy (non-hydrogen) atoms. The van der Waals surface area contributed by atoms with Crippen LogP contribution >= 0.6 is 50.9 Å². The van der Waals surface area contributed by atoms with Gasteiger partial charge in [0.15, 0.2) is 0 Å². The van der Waals surface area contributed by atoms with Gasteiger partial charge in [0.2, 0.25) is 0 Å². The van der Waals surface area contributed by atoms with E-state index in [1.807, 2.05) is 30.3 Å². The maximum absolute atomic E-state index is 9.11. The monoisotopic (exact) mass is 439 g/mol. The topological polar surface area (TPSA) is 32.3 Å². The standard InChI is InChI=1S/C13H13NO.3BrH/c15-13-8-6-12(7-9-13)14-10-11-4-2-1-3-5-11;;;/h1-9,14-15H,10H2;3*1H. The molecule has 0 saturated heterocycles. The SMILES string of the molecule is Br.Br.Br.Oc1ccc(NCc2ccccc2)cc1. The molecule has 100 valence electrons. The lowest BCUT2D eigenvalue weighted by Gasteiger charge is -2.06. The van der Waals surface area contributed by atoms with E-state index in [0.29, 0.717) is 5.75 Å². The molecule has 0 aliphatic rings. The Hall–Kier alpha value is -0.520. The van der Waals surface area contributed by atoms with Gasteiger partial charge >= 0.3 is 0 Å². The van der Waals surface area contributed by atoms with Crippen molar-refractivity contribution in [3.63, 3.8) is 0 Å². The first-order valence-electron chi connectivity index (χ1n) is 4.91. The predicted molar refractivity (Wildman–Crippen MR) is 92.8 cm³/mol. The van der Waals surface area contributed by atoms with E-state index in [4.69, 9.17) is 5.11 Å². The number of benzene rings is 2. The molecular weight excluding hydrogens is 426 g/mol. The van der Waals surface area contributed by atoms with Gasteiger partial charge in [-0.1, -0.05) is 30.3 Å². The van der Waals surface area contributed by atoms with Gasteiger partial charge in [-0.15, -0.1) is 50.9 Å². The van der Waals surface area contributed by atoms with Gasteiger partial charge in [0.05, 0.1) is 0 Å². The van der Waals surface area contributed by atoms with Gasteiger partial charge in [-0.25, -0.2) is 0 Å². The van der Waals surface area contributed by atoms with Crippen molar-refractivity contribution in [3.8, 4) is 5.75 Å². The molecule has 0 spiro atoms. The van der Waals surface area contributed by atoms with Crippen LogP contribution in [-0.4, -0.2) is 5.11 Å². The Morgan fingerprint density at radius 3 is 1.89 bits per heavy atom. The molecule has 0 saturated carbocycles. The first-order chi connectivity index (χ1) is 7.34. The largest absolute Gasteiger partial charge is 0.508 e. The second kappa shape index (κ2) is 10.4. The Kier molecular flexibility index (Phi) is 11.5. The Bertz CT molecular complexity index is 420. The molecule has 0 unspecified atom stereocenters. The maximum Gasteiger partial charge on any atom is 0.115 e. The fourth-order valence-electron chi connectivity index (χ4n) is 1.38. The van der Waals surface area contributed by atoms with Crippen LogP contribution in [0.2, 0.25) is 0 Å². The fraction of sp³-hybridized carbons (Fsp3) is 0.0769. The number of anilines is 1. The summed E-state index contributed by atoms with van der Waals surface area (Å²) in [6.07, 6.45) is 0.